The number of pyridine rings is 1. The van der Waals surface area contributed by atoms with Crippen LogP contribution in [-0.2, 0) is 16.6 Å². The number of halogens is 2. The molecular weight excluding hydrogens is 385 g/mol. The van der Waals surface area contributed by atoms with Crippen LogP contribution in [-0.4, -0.2) is 31.2 Å². The molecule has 0 saturated carbocycles. The van der Waals surface area contributed by atoms with Crippen molar-refractivity contribution in [3.8, 4) is 5.75 Å². The number of nitrogens with one attached hydrogen (secondary N) is 1. The zero-order chi connectivity index (χ0) is 18.2. The third-order valence-corrected chi connectivity index (χ3v) is 5.36. The Kier molecular flexibility index (Phi) is 4.92. The lowest BCUT2D eigenvalue weighted by Crippen LogP contribution is -2.43. The molecule has 1 N–H and O–H groups in total. The average molecular weight is 400 g/mol. The molecule has 0 amide bonds. The summed E-state index contributed by atoms with van der Waals surface area (Å²) in [5.74, 6) is 0.647. The SMILES string of the molecule is COc1ccc2c(c1)CN(S(C)(=O)=O)NC2=Cc1c(Cl)cncc1Cl. The Hall–Kier alpha value is -1.80. The molecular formula is C16H15Cl2N3O3S. The highest BCUT2D eigenvalue weighted by Crippen LogP contribution is 2.32. The third-order valence-electron chi connectivity index (χ3n) is 3.74. The molecule has 0 saturated heterocycles. The van der Waals surface area contributed by atoms with Gasteiger partial charge in [0.15, 0.2) is 0 Å². The maximum atomic E-state index is 12.0. The van der Waals surface area contributed by atoms with E-state index in [1.165, 1.54) is 12.4 Å². The van der Waals surface area contributed by atoms with E-state index in [9.17, 15) is 8.42 Å². The van der Waals surface area contributed by atoms with Crippen LogP contribution in [0.3, 0.4) is 0 Å². The summed E-state index contributed by atoms with van der Waals surface area (Å²) in [6.45, 7) is 0.181. The first-order valence-corrected chi connectivity index (χ1v) is 9.82. The normalized spacial score (nSPS) is 16.4. The van der Waals surface area contributed by atoms with E-state index in [2.05, 4.69) is 10.4 Å². The highest BCUT2D eigenvalue weighted by molar-refractivity contribution is 7.88. The Balaban J connectivity index is 2.17. The number of benzene rings is 1. The predicted molar refractivity (Wildman–Crippen MR) is 98.6 cm³/mol. The summed E-state index contributed by atoms with van der Waals surface area (Å²) >= 11 is 12.4. The first-order chi connectivity index (χ1) is 11.8. The van der Waals surface area contributed by atoms with Gasteiger partial charge in [0.05, 0.1) is 35.7 Å². The molecule has 0 bridgehead atoms. The summed E-state index contributed by atoms with van der Waals surface area (Å²) < 4.78 is 30.4. The first-order valence-electron chi connectivity index (χ1n) is 7.22. The first kappa shape index (κ1) is 18.0. The predicted octanol–water partition coefficient (Wildman–Crippen LogP) is 3.17. The van der Waals surface area contributed by atoms with Crippen molar-refractivity contribution in [3.63, 3.8) is 0 Å². The van der Waals surface area contributed by atoms with Crippen LogP contribution in [0, 0.1) is 0 Å². The van der Waals surface area contributed by atoms with Crippen molar-refractivity contribution in [2.75, 3.05) is 13.4 Å². The molecule has 1 aliphatic rings. The van der Waals surface area contributed by atoms with Crippen molar-refractivity contribution < 1.29 is 13.2 Å². The second kappa shape index (κ2) is 6.84. The Morgan fingerprint density at radius 1 is 1.28 bits per heavy atom. The quantitative estimate of drug-likeness (QED) is 0.857. The van der Waals surface area contributed by atoms with Crippen molar-refractivity contribution in [2.45, 2.75) is 6.54 Å². The summed E-state index contributed by atoms with van der Waals surface area (Å²) in [6, 6.07) is 5.47. The van der Waals surface area contributed by atoms with Crippen molar-refractivity contribution >= 4 is 45.0 Å². The van der Waals surface area contributed by atoms with Gasteiger partial charge in [0.2, 0.25) is 10.0 Å². The van der Waals surface area contributed by atoms with Gasteiger partial charge in [0.25, 0.3) is 0 Å². The highest BCUT2D eigenvalue weighted by Gasteiger charge is 2.26. The molecule has 0 fully saturated rings. The Morgan fingerprint density at radius 2 is 1.96 bits per heavy atom. The van der Waals surface area contributed by atoms with E-state index in [4.69, 9.17) is 27.9 Å². The largest absolute Gasteiger partial charge is 0.497 e. The maximum Gasteiger partial charge on any atom is 0.228 e. The minimum Gasteiger partial charge on any atom is -0.497 e. The number of methoxy groups -OCH3 is 1. The van der Waals surface area contributed by atoms with E-state index >= 15 is 0 Å². The lowest BCUT2D eigenvalue weighted by molar-refractivity contribution is 0.354. The standard InChI is InChI=1S/C16H15Cl2N3O3S/c1-24-11-3-4-12-10(5-11)9-21(25(2,22)23)20-16(12)6-13-14(17)7-19-8-15(13)18/h3-8,20H,9H2,1-2H3. The van der Waals surface area contributed by atoms with Crippen molar-refractivity contribution in [1.82, 2.24) is 14.8 Å². The number of hydrogen-bond acceptors (Lipinski definition) is 5. The van der Waals surface area contributed by atoms with Gasteiger partial charge < -0.3 is 10.2 Å². The highest BCUT2D eigenvalue weighted by atomic mass is 35.5. The fourth-order valence-corrected chi connectivity index (χ4v) is 3.60. The van der Waals surface area contributed by atoms with Crippen LogP contribution in [0.15, 0.2) is 30.6 Å². The third kappa shape index (κ3) is 3.74. The van der Waals surface area contributed by atoms with Crippen LogP contribution in [0.1, 0.15) is 16.7 Å². The number of sulfonamides is 1. The molecule has 9 heteroatoms. The van der Waals surface area contributed by atoms with Gasteiger partial charge in [-0.1, -0.05) is 23.2 Å². The molecule has 25 heavy (non-hydrogen) atoms. The molecule has 2 heterocycles. The van der Waals surface area contributed by atoms with Crippen molar-refractivity contribution in [3.05, 3.63) is 57.3 Å². The molecule has 0 unspecified atom stereocenters. The molecule has 1 aromatic carbocycles. The smallest absolute Gasteiger partial charge is 0.228 e. The molecule has 0 aliphatic carbocycles. The molecule has 1 aromatic heterocycles. The van der Waals surface area contributed by atoms with E-state index < -0.39 is 10.0 Å². The molecule has 132 valence electrons. The minimum absolute atomic E-state index is 0.181. The molecule has 3 rings (SSSR count). The molecule has 2 aromatic rings. The van der Waals surface area contributed by atoms with Gasteiger partial charge in [-0.15, -0.1) is 4.41 Å². The Morgan fingerprint density at radius 3 is 2.56 bits per heavy atom. The van der Waals surface area contributed by atoms with E-state index in [0.717, 1.165) is 21.8 Å². The van der Waals surface area contributed by atoms with Gasteiger partial charge >= 0.3 is 0 Å². The molecule has 6 nitrogen and oxygen atoms in total. The van der Waals surface area contributed by atoms with E-state index in [-0.39, 0.29) is 6.54 Å². The second-order valence-corrected chi connectivity index (χ2v) is 8.20. The van der Waals surface area contributed by atoms with Crippen LogP contribution in [0.4, 0.5) is 0 Å². The second-order valence-electron chi connectivity index (χ2n) is 5.48. The van der Waals surface area contributed by atoms with Crippen LogP contribution in [0.2, 0.25) is 10.0 Å². The summed E-state index contributed by atoms with van der Waals surface area (Å²) in [5, 5.41) is 0.738. The van der Waals surface area contributed by atoms with Gasteiger partial charge in [0.1, 0.15) is 5.75 Å². The van der Waals surface area contributed by atoms with Gasteiger partial charge in [-0.25, -0.2) is 8.42 Å². The fraction of sp³-hybridized carbons (Fsp3) is 0.188. The van der Waals surface area contributed by atoms with E-state index in [1.807, 2.05) is 6.07 Å². The summed E-state index contributed by atoms with van der Waals surface area (Å²) in [6.07, 6.45) is 5.79. The number of fused-ring (bicyclic) bond motifs is 1. The lowest BCUT2D eigenvalue weighted by atomic mass is 10.0. The summed E-state index contributed by atoms with van der Waals surface area (Å²) in [7, 11) is -1.91. The van der Waals surface area contributed by atoms with E-state index in [0.29, 0.717) is 27.1 Å². The van der Waals surface area contributed by atoms with E-state index in [1.54, 1.807) is 25.3 Å². The lowest BCUT2D eigenvalue weighted by Gasteiger charge is -2.30. The number of rotatable bonds is 3. The number of hydrogen-bond donors (Lipinski definition) is 1. The van der Waals surface area contributed by atoms with Gasteiger partial charge in [0, 0.05) is 23.5 Å². The number of ether oxygens (including phenoxy) is 1. The maximum absolute atomic E-state index is 12.0. The zero-order valence-corrected chi connectivity index (χ0v) is 15.8. The minimum atomic E-state index is -3.47. The van der Waals surface area contributed by atoms with Gasteiger partial charge in [-0.3, -0.25) is 4.98 Å². The van der Waals surface area contributed by atoms with Crippen LogP contribution in [0.25, 0.3) is 11.8 Å². The zero-order valence-electron chi connectivity index (χ0n) is 13.5. The number of nitrogens with zero attached hydrogens (tertiary/aromatic N) is 2. The van der Waals surface area contributed by atoms with Crippen molar-refractivity contribution in [1.29, 1.82) is 0 Å². The number of aromatic nitrogens is 1. The van der Waals surface area contributed by atoms with Gasteiger partial charge in [-0.05, 0) is 29.8 Å². The molecule has 0 atom stereocenters. The Bertz CT molecular complexity index is 941. The number of hydrazine groups is 1. The van der Waals surface area contributed by atoms with Crippen LogP contribution < -0.4 is 10.2 Å². The molecule has 1 aliphatic heterocycles. The molecule has 0 spiro atoms. The fourth-order valence-electron chi connectivity index (χ4n) is 2.49. The summed E-state index contributed by atoms with van der Waals surface area (Å²) in [4.78, 5) is 3.92. The monoisotopic (exact) mass is 399 g/mol. The summed E-state index contributed by atoms with van der Waals surface area (Å²) in [5.41, 5.74) is 5.67. The van der Waals surface area contributed by atoms with Crippen LogP contribution in [0.5, 0.6) is 5.75 Å². The van der Waals surface area contributed by atoms with Crippen LogP contribution >= 0.6 is 23.2 Å². The topological polar surface area (TPSA) is 71.5 Å². The van der Waals surface area contributed by atoms with Gasteiger partial charge in [-0.2, -0.15) is 0 Å². The van der Waals surface area contributed by atoms with Crippen molar-refractivity contribution in [2.24, 2.45) is 0 Å². The molecule has 0 radical (unpaired) electrons. The average Bonchev–Trinajstić information content (AvgIpc) is 2.56. The Labute approximate surface area is 156 Å².